The number of hydrogen-bond acceptors (Lipinski definition) is 3. The second-order valence-corrected chi connectivity index (χ2v) is 6.23. The number of benzene rings is 1. The van der Waals surface area contributed by atoms with Gasteiger partial charge in [-0.3, -0.25) is 9.78 Å². The number of rotatable bonds is 4. The first-order valence-electron chi connectivity index (χ1n) is 7.42. The lowest BCUT2D eigenvalue weighted by Crippen LogP contribution is -2.34. The molecule has 0 unspecified atom stereocenters. The second-order valence-electron chi connectivity index (χ2n) is 5.39. The second kappa shape index (κ2) is 7.20. The Hall–Kier alpha value is -1.78. The van der Waals surface area contributed by atoms with E-state index in [-0.39, 0.29) is 18.6 Å². The average Bonchev–Trinajstić information content (AvgIpc) is 3.06. The van der Waals surface area contributed by atoms with Crippen LogP contribution in [0.25, 0.3) is 0 Å². The number of carbonyl (C=O) groups excluding carboxylic acids is 1. The maximum atomic E-state index is 12.5. The van der Waals surface area contributed by atoms with E-state index in [1.807, 2.05) is 17.0 Å². The van der Waals surface area contributed by atoms with Crippen molar-refractivity contribution in [3.8, 4) is 5.75 Å². The van der Waals surface area contributed by atoms with E-state index in [1.165, 1.54) is 0 Å². The van der Waals surface area contributed by atoms with Crippen LogP contribution in [0.1, 0.15) is 24.4 Å². The summed E-state index contributed by atoms with van der Waals surface area (Å²) in [6.45, 7) is 0.681. The highest BCUT2D eigenvalue weighted by Gasteiger charge is 2.30. The molecule has 1 saturated heterocycles. The van der Waals surface area contributed by atoms with Gasteiger partial charge in [0, 0.05) is 30.0 Å². The first-order valence-corrected chi connectivity index (χ1v) is 8.18. The van der Waals surface area contributed by atoms with Crippen molar-refractivity contribution in [2.45, 2.75) is 18.9 Å². The van der Waals surface area contributed by atoms with Crippen LogP contribution in [0.4, 0.5) is 0 Å². The van der Waals surface area contributed by atoms with Crippen LogP contribution in [0.15, 0.2) is 42.7 Å². The van der Waals surface area contributed by atoms with Gasteiger partial charge >= 0.3 is 0 Å². The third-order valence-electron chi connectivity index (χ3n) is 3.91. The molecule has 120 valence electrons. The molecule has 0 N–H and O–H groups in total. The van der Waals surface area contributed by atoms with Crippen LogP contribution in [0.5, 0.6) is 5.75 Å². The summed E-state index contributed by atoms with van der Waals surface area (Å²) < 4.78 is 5.56. The molecule has 1 atom stereocenters. The van der Waals surface area contributed by atoms with E-state index in [2.05, 4.69) is 4.98 Å². The molecule has 0 bridgehead atoms. The Morgan fingerprint density at radius 1 is 1.26 bits per heavy atom. The number of nitrogens with zero attached hydrogens (tertiary/aromatic N) is 2. The van der Waals surface area contributed by atoms with Crippen LogP contribution < -0.4 is 4.74 Å². The standard InChI is InChI=1S/C17H16Cl2N2O2/c18-13-3-4-14(19)16(10-13)23-11-17(22)21-9-1-2-15(21)12-5-7-20-8-6-12/h3-8,10,15H,1-2,9,11H2/t15-/m1/s1. The van der Waals surface area contributed by atoms with Gasteiger partial charge in [0.15, 0.2) is 6.61 Å². The summed E-state index contributed by atoms with van der Waals surface area (Å²) in [5, 5.41) is 0.960. The van der Waals surface area contributed by atoms with Crippen molar-refractivity contribution in [3.63, 3.8) is 0 Å². The number of likely N-dealkylation sites (tertiary alicyclic amines) is 1. The van der Waals surface area contributed by atoms with E-state index in [0.29, 0.717) is 15.8 Å². The third-order valence-corrected chi connectivity index (χ3v) is 4.46. The Bertz CT molecular complexity index is 694. The molecule has 1 aliphatic rings. The zero-order valence-electron chi connectivity index (χ0n) is 12.4. The summed E-state index contributed by atoms with van der Waals surface area (Å²) in [6, 6.07) is 8.93. The number of aromatic nitrogens is 1. The smallest absolute Gasteiger partial charge is 0.261 e. The highest BCUT2D eigenvalue weighted by Crippen LogP contribution is 2.32. The van der Waals surface area contributed by atoms with Crippen molar-refractivity contribution in [2.24, 2.45) is 0 Å². The summed E-state index contributed by atoms with van der Waals surface area (Å²) >= 11 is 12.0. The lowest BCUT2D eigenvalue weighted by molar-refractivity contribution is -0.134. The Kier molecular flexibility index (Phi) is 5.03. The fraction of sp³-hybridized carbons (Fsp3) is 0.294. The molecule has 3 rings (SSSR count). The maximum Gasteiger partial charge on any atom is 0.261 e. The summed E-state index contributed by atoms with van der Waals surface area (Å²) in [4.78, 5) is 18.4. The van der Waals surface area contributed by atoms with E-state index in [1.54, 1.807) is 30.6 Å². The number of hydrogen-bond donors (Lipinski definition) is 0. The number of carbonyl (C=O) groups is 1. The zero-order valence-corrected chi connectivity index (χ0v) is 13.9. The molecule has 1 aromatic carbocycles. The van der Waals surface area contributed by atoms with Crippen molar-refractivity contribution in [2.75, 3.05) is 13.2 Å². The molecule has 2 aromatic rings. The van der Waals surface area contributed by atoms with Crippen molar-refractivity contribution < 1.29 is 9.53 Å². The Labute approximate surface area is 145 Å². The monoisotopic (exact) mass is 350 g/mol. The molecule has 1 fully saturated rings. The normalized spacial score (nSPS) is 17.3. The van der Waals surface area contributed by atoms with Crippen LogP contribution in [0.2, 0.25) is 10.0 Å². The van der Waals surface area contributed by atoms with Gasteiger partial charge in [-0.2, -0.15) is 0 Å². The summed E-state index contributed by atoms with van der Waals surface area (Å²) in [5.41, 5.74) is 1.10. The lowest BCUT2D eigenvalue weighted by Gasteiger charge is -2.25. The van der Waals surface area contributed by atoms with Gasteiger partial charge in [-0.15, -0.1) is 0 Å². The number of ether oxygens (including phenoxy) is 1. The lowest BCUT2D eigenvalue weighted by atomic mass is 10.1. The molecule has 2 heterocycles. The largest absolute Gasteiger partial charge is 0.482 e. The van der Waals surface area contributed by atoms with E-state index >= 15 is 0 Å². The Balaban J connectivity index is 1.67. The molecular weight excluding hydrogens is 335 g/mol. The molecule has 4 nitrogen and oxygen atoms in total. The first-order chi connectivity index (χ1) is 11.1. The van der Waals surface area contributed by atoms with Crippen molar-refractivity contribution >= 4 is 29.1 Å². The van der Waals surface area contributed by atoms with Gasteiger partial charge in [0.1, 0.15) is 5.75 Å². The molecule has 0 radical (unpaired) electrons. The minimum absolute atomic E-state index is 0.0539. The first kappa shape index (κ1) is 16.1. The van der Waals surface area contributed by atoms with Gasteiger partial charge < -0.3 is 9.64 Å². The predicted molar refractivity (Wildman–Crippen MR) is 89.9 cm³/mol. The van der Waals surface area contributed by atoms with Gasteiger partial charge in [-0.25, -0.2) is 0 Å². The summed E-state index contributed by atoms with van der Waals surface area (Å²) in [7, 11) is 0. The topological polar surface area (TPSA) is 42.4 Å². The van der Waals surface area contributed by atoms with Gasteiger partial charge in [-0.1, -0.05) is 23.2 Å². The minimum Gasteiger partial charge on any atom is -0.482 e. The van der Waals surface area contributed by atoms with Gasteiger partial charge in [0.05, 0.1) is 11.1 Å². The van der Waals surface area contributed by atoms with E-state index < -0.39 is 0 Å². The van der Waals surface area contributed by atoms with Crippen molar-refractivity contribution in [1.29, 1.82) is 0 Å². The van der Waals surface area contributed by atoms with Crippen LogP contribution in [0.3, 0.4) is 0 Å². The molecular formula is C17H16Cl2N2O2. The highest BCUT2D eigenvalue weighted by molar-refractivity contribution is 6.34. The van der Waals surface area contributed by atoms with Crippen LogP contribution in [-0.2, 0) is 4.79 Å². The summed E-state index contributed by atoms with van der Waals surface area (Å²) in [6.07, 6.45) is 5.43. The van der Waals surface area contributed by atoms with Crippen LogP contribution in [-0.4, -0.2) is 28.9 Å². The fourth-order valence-electron chi connectivity index (χ4n) is 2.81. The van der Waals surface area contributed by atoms with Crippen molar-refractivity contribution in [1.82, 2.24) is 9.88 Å². The van der Waals surface area contributed by atoms with E-state index in [0.717, 1.165) is 24.9 Å². The molecule has 6 heteroatoms. The Morgan fingerprint density at radius 2 is 2.04 bits per heavy atom. The fourth-order valence-corrected chi connectivity index (χ4v) is 3.14. The van der Waals surface area contributed by atoms with Gasteiger partial charge in [0.2, 0.25) is 0 Å². The van der Waals surface area contributed by atoms with Crippen LogP contribution in [0, 0.1) is 0 Å². The van der Waals surface area contributed by atoms with E-state index in [4.69, 9.17) is 27.9 Å². The average molecular weight is 351 g/mol. The number of amides is 1. The number of pyridine rings is 1. The minimum atomic E-state index is -0.0552. The molecule has 0 saturated carbocycles. The quantitative estimate of drug-likeness (QED) is 0.832. The molecule has 23 heavy (non-hydrogen) atoms. The molecule has 0 aliphatic carbocycles. The molecule has 0 spiro atoms. The maximum absolute atomic E-state index is 12.5. The summed E-state index contributed by atoms with van der Waals surface area (Å²) in [5.74, 6) is 0.368. The Morgan fingerprint density at radius 3 is 2.83 bits per heavy atom. The predicted octanol–water partition coefficient (Wildman–Crippen LogP) is 4.13. The SMILES string of the molecule is O=C(COc1cc(Cl)ccc1Cl)N1CCC[C@@H]1c1ccncc1. The zero-order chi connectivity index (χ0) is 16.2. The molecule has 1 aromatic heterocycles. The van der Waals surface area contributed by atoms with E-state index in [9.17, 15) is 4.79 Å². The number of halogens is 2. The van der Waals surface area contributed by atoms with Gasteiger partial charge in [-0.05, 0) is 42.7 Å². The van der Waals surface area contributed by atoms with Crippen LogP contribution >= 0.6 is 23.2 Å². The van der Waals surface area contributed by atoms with Gasteiger partial charge in [0.25, 0.3) is 5.91 Å². The third kappa shape index (κ3) is 3.77. The molecule has 1 aliphatic heterocycles. The highest BCUT2D eigenvalue weighted by atomic mass is 35.5. The molecule has 1 amide bonds. The van der Waals surface area contributed by atoms with Crippen molar-refractivity contribution in [3.05, 3.63) is 58.3 Å².